The molecule has 0 aromatic heterocycles. The first-order chi connectivity index (χ1) is 10.3. The SMILES string of the molecule is COCOCC(Nc1ccc(OC)cc1)c1ccccc1. The zero-order chi connectivity index (χ0) is 14.9. The Morgan fingerprint density at radius 3 is 2.29 bits per heavy atom. The lowest BCUT2D eigenvalue weighted by atomic mass is 10.1. The van der Waals surface area contributed by atoms with Crippen molar-refractivity contribution in [3.63, 3.8) is 0 Å². The minimum absolute atomic E-state index is 0.0646. The van der Waals surface area contributed by atoms with Gasteiger partial charge in [-0.15, -0.1) is 0 Å². The first-order valence-corrected chi connectivity index (χ1v) is 6.85. The monoisotopic (exact) mass is 287 g/mol. The number of hydrogen-bond donors (Lipinski definition) is 1. The highest BCUT2D eigenvalue weighted by Gasteiger charge is 2.11. The number of methoxy groups -OCH3 is 2. The van der Waals surface area contributed by atoms with Gasteiger partial charge in [0.2, 0.25) is 0 Å². The summed E-state index contributed by atoms with van der Waals surface area (Å²) in [5, 5.41) is 3.47. The molecule has 0 radical (unpaired) electrons. The maximum atomic E-state index is 5.51. The number of benzene rings is 2. The molecule has 4 heteroatoms. The van der Waals surface area contributed by atoms with E-state index in [0.29, 0.717) is 6.61 Å². The third kappa shape index (κ3) is 4.77. The molecule has 1 N–H and O–H groups in total. The second-order valence-corrected chi connectivity index (χ2v) is 4.61. The van der Waals surface area contributed by atoms with Crippen LogP contribution in [0.4, 0.5) is 5.69 Å². The molecule has 0 aliphatic heterocycles. The largest absolute Gasteiger partial charge is 0.497 e. The highest BCUT2D eigenvalue weighted by molar-refractivity contribution is 5.48. The van der Waals surface area contributed by atoms with Crippen LogP contribution in [-0.2, 0) is 9.47 Å². The van der Waals surface area contributed by atoms with Crippen molar-refractivity contribution in [2.75, 3.05) is 32.9 Å². The summed E-state index contributed by atoms with van der Waals surface area (Å²) in [5.41, 5.74) is 2.19. The van der Waals surface area contributed by atoms with Gasteiger partial charge in [-0.1, -0.05) is 30.3 Å². The van der Waals surface area contributed by atoms with Gasteiger partial charge in [0, 0.05) is 12.8 Å². The van der Waals surface area contributed by atoms with Crippen LogP contribution in [0.15, 0.2) is 54.6 Å². The van der Waals surface area contributed by atoms with Crippen LogP contribution in [0.25, 0.3) is 0 Å². The molecule has 0 saturated heterocycles. The molecule has 2 aromatic rings. The van der Waals surface area contributed by atoms with E-state index in [9.17, 15) is 0 Å². The van der Waals surface area contributed by atoms with Crippen LogP contribution in [0.5, 0.6) is 5.75 Å². The van der Waals surface area contributed by atoms with Crippen LogP contribution in [0, 0.1) is 0 Å². The molecule has 112 valence electrons. The van der Waals surface area contributed by atoms with Gasteiger partial charge < -0.3 is 19.5 Å². The topological polar surface area (TPSA) is 39.7 Å². The van der Waals surface area contributed by atoms with E-state index in [0.717, 1.165) is 11.4 Å². The van der Waals surface area contributed by atoms with Crippen molar-refractivity contribution in [1.29, 1.82) is 0 Å². The van der Waals surface area contributed by atoms with Gasteiger partial charge in [-0.05, 0) is 29.8 Å². The van der Waals surface area contributed by atoms with E-state index in [1.165, 1.54) is 5.56 Å². The van der Waals surface area contributed by atoms with Crippen LogP contribution in [0.3, 0.4) is 0 Å². The second kappa shape index (κ2) is 8.29. The van der Waals surface area contributed by atoms with Gasteiger partial charge in [0.1, 0.15) is 12.5 Å². The van der Waals surface area contributed by atoms with Crippen molar-refractivity contribution in [2.45, 2.75) is 6.04 Å². The molecule has 0 aliphatic carbocycles. The summed E-state index contributed by atoms with van der Waals surface area (Å²) in [4.78, 5) is 0. The van der Waals surface area contributed by atoms with E-state index >= 15 is 0 Å². The Balaban J connectivity index is 2.07. The van der Waals surface area contributed by atoms with Gasteiger partial charge in [-0.2, -0.15) is 0 Å². The fourth-order valence-electron chi connectivity index (χ4n) is 2.04. The molecule has 4 nitrogen and oxygen atoms in total. The van der Waals surface area contributed by atoms with Crippen molar-refractivity contribution < 1.29 is 14.2 Å². The zero-order valence-electron chi connectivity index (χ0n) is 12.4. The van der Waals surface area contributed by atoms with E-state index in [4.69, 9.17) is 14.2 Å². The van der Waals surface area contributed by atoms with Crippen molar-refractivity contribution >= 4 is 5.69 Å². The van der Waals surface area contributed by atoms with Crippen molar-refractivity contribution in [1.82, 2.24) is 0 Å². The van der Waals surface area contributed by atoms with Crippen LogP contribution in [0.1, 0.15) is 11.6 Å². The van der Waals surface area contributed by atoms with Crippen molar-refractivity contribution in [3.05, 3.63) is 60.2 Å². The molecule has 1 unspecified atom stereocenters. The van der Waals surface area contributed by atoms with E-state index in [1.807, 2.05) is 42.5 Å². The Labute approximate surface area is 125 Å². The van der Waals surface area contributed by atoms with Crippen LogP contribution in [0.2, 0.25) is 0 Å². The Hall–Kier alpha value is -2.04. The van der Waals surface area contributed by atoms with Gasteiger partial charge in [-0.3, -0.25) is 0 Å². The number of ether oxygens (including phenoxy) is 3. The van der Waals surface area contributed by atoms with E-state index in [2.05, 4.69) is 17.4 Å². The average Bonchev–Trinajstić information content (AvgIpc) is 2.55. The molecule has 0 aliphatic rings. The van der Waals surface area contributed by atoms with E-state index in [-0.39, 0.29) is 12.8 Å². The summed E-state index contributed by atoms with van der Waals surface area (Å²) in [5.74, 6) is 0.840. The highest BCUT2D eigenvalue weighted by atomic mass is 16.7. The van der Waals surface area contributed by atoms with Gasteiger partial charge >= 0.3 is 0 Å². The third-order valence-corrected chi connectivity index (χ3v) is 3.12. The lowest BCUT2D eigenvalue weighted by Gasteiger charge is -2.20. The van der Waals surface area contributed by atoms with Gasteiger partial charge in [0.25, 0.3) is 0 Å². The van der Waals surface area contributed by atoms with E-state index in [1.54, 1.807) is 14.2 Å². The first kappa shape index (κ1) is 15.4. The summed E-state index contributed by atoms with van der Waals surface area (Å²) >= 11 is 0. The normalized spacial score (nSPS) is 11.9. The fourth-order valence-corrected chi connectivity index (χ4v) is 2.04. The molecule has 2 aromatic carbocycles. The Kier molecular flexibility index (Phi) is 6.06. The molecule has 0 heterocycles. The molecule has 0 amide bonds. The summed E-state index contributed by atoms with van der Waals surface area (Å²) in [7, 11) is 3.28. The van der Waals surface area contributed by atoms with Crippen LogP contribution >= 0.6 is 0 Å². The zero-order valence-corrected chi connectivity index (χ0v) is 12.4. The molecule has 1 atom stereocenters. The lowest BCUT2D eigenvalue weighted by molar-refractivity contribution is -0.0337. The maximum Gasteiger partial charge on any atom is 0.146 e. The second-order valence-electron chi connectivity index (χ2n) is 4.61. The van der Waals surface area contributed by atoms with Gasteiger partial charge in [-0.25, -0.2) is 0 Å². The molecule has 0 saturated carbocycles. The predicted molar refractivity (Wildman–Crippen MR) is 83.6 cm³/mol. The minimum Gasteiger partial charge on any atom is -0.497 e. The Morgan fingerprint density at radius 1 is 0.952 bits per heavy atom. The molecular formula is C17H21NO3. The van der Waals surface area contributed by atoms with Crippen molar-refractivity contribution in [2.24, 2.45) is 0 Å². The summed E-state index contributed by atoms with van der Waals surface area (Å²) < 4.78 is 15.6. The molecule has 21 heavy (non-hydrogen) atoms. The Bertz CT molecular complexity index is 513. The fraction of sp³-hybridized carbons (Fsp3) is 0.294. The maximum absolute atomic E-state index is 5.51. The molecule has 0 spiro atoms. The highest BCUT2D eigenvalue weighted by Crippen LogP contribution is 2.22. The smallest absolute Gasteiger partial charge is 0.146 e. The van der Waals surface area contributed by atoms with Crippen LogP contribution in [-0.4, -0.2) is 27.6 Å². The Morgan fingerprint density at radius 2 is 1.67 bits per heavy atom. The molecule has 0 bridgehead atoms. The number of anilines is 1. The summed E-state index contributed by atoms with van der Waals surface area (Å²) in [6.07, 6.45) is 0. The summed E-state index contributed by atoms with van der Waals surface area (Å²) in [6, 6.07) is 18.1. The summed E-state index contributed by atoms with van der Waals surface area (Å²) in [6.45, 7) is 0.817. The molecular weight excluding hydrogens is 266 g/mol. The van der Waals surface area contributed by atoms with E-state index < -0.39 is 0 Å². The number of hydrogen-bond acceptors (Lipinski definition) is 4. The van der Waals surface area contributed by atoms with Crippen molar-refractivity contribution in [3.8, 4) is 5.75 Å². The standard InChI is InChI=1S/C17H21NO3/c1-19-13-21-12-17(14-6-4-3-5-7-14)18-15-8-10-16(20-2)11-9-15/h3-11,17-18H,12-13H2,1-2H3. The quantitative estimate of drug-likeness (QED) is 0.596. The average molecular weight is 287 g/mol. The van der Waals surface area contributed by atoms with Crippen LogP contribution < -0.4 is 10.1 Å². The molecule has 0 fully saturated rings. The predicted octanol–water partition coefficient (Wildman–Crippen LogP) is 3.47. The minimum atomic E-state index is 0.0646. The molecule has 2 rings (SSSR count). The first-order valence-electron chi connectivity index (χ1n) is 6.85. The van der Waals surface area contributed by atoms with Gasteiger partial charge in [0.05, 0.1) is 19.8 Å². The van der Waals surface area contributed by atoms with Gasteiger partial charge in [0.15, 0.2) is 0 Å². The number of rotatable bonds is 8. The number of nitrogens with one attached hydrogen (secondary N) is 1. The third-order valence-electron chi connectivity index (χ3n) is 3.12. The lowest BCUT2D eigenvalue weighted by Crippen LogP contribution is -2.17.